The van der Waals surface area contributed by atoms with Gasteiger partial charge in [-0.3, -0.25) is 4.40 Å². The van der Waals surface area contributed by atoms with E-state index >= 15 is 0 Å². The highest BCUT2D eigenvalue weighted by Crippen LogP contribution is 2.16. The van der Waals surface area contributed by atoms with E-state index in [1.165, 1.54) is 10.0 Å². The Kier molecular flexibility index (Phi) is 4.91. The number of ether oxygens (including phenoxy) is 1. The molecule has 0 saturated carbocycles. The van der Waals surface area contributed by atoms with Gasteiger partial charge in [-0.05, 0) is 67.1 Å². The third-order valence-corrected chi connectivity index (χ3v) is 5.49. The standard InChI is InChI=1S/C21H17BrN2OS/c1-2-25-18-11-5-15(6-12-18)14-20-19-4-3-13-24(19)21(26-20)23-17-9-7-16(22)8-10-17/h3-14H,2H2,1H3/b20-14-,23-21?. The molecule has 26 heavy (non-hydrogen) atoms. The maximum absolute atomic E-state index is 5.51. The summed E-state index contributed by atoms with van der Waals surface area (Å²) in [5.74, 6) is 0.898. The van der Waals surface area contributed by atoms with Crippen LogP contribution in [0.4, 0.5) is 5.69 Å². The summed E-state index contributed by atoms with van der Waals surface area (Å²) in [6.07, 6.45) is 4.25. The lowest BCUT2D eigenvalue weighted by Gasteiger charge is -2.01. The first-order valence-electron chi connectivity index (χ1n) is 8.38. The summed E-state index contributed by atoms with van der Waals surface area (Å²) in [6, 6.07) is 20.4. The first-order valence-corrected chi connectivity index (χ1v) is 9.98. The number of aromatic nitrogens is 1. The fourth-order valence-electron chi connectivity index (χ4n) is 2.73. The van der Waals surface area contributed by atoms with Crippen molar-refractivity contribution in [3.8, 4) is 5.75 Å². The second kappa shape index (κ2) is 7.48. The quantitative estimate of drug-likeness (QED) is 0.455. The lowest BCUT2D eigenvalue weighted by molar-refractivity contribution is 0.340. The molecule has 4 rings (SSSR count). The SMILES string of the molecule is CCOc1ccc(/C=c2\sc(=Nc3ccc(Br)cc3)n3cccc23)cc1. The minimum atomic E-state index is 0.680. The van der Waals surface area contributed by atoms with E-state index in [2.05, 4.69) is 56.9 Å². The van der Waals surface area contributed by atoms with Crippen LogP contribution in [-0.2, 0) is 0 Å². The van der Waals surface area contributed by atoms with Gasteiger partial charge < -0.3 is 4.74 Å². The molecule has 0 aliphatic rings. The molecular formula is C21H17BrN2OS. The smallest absolute Gasteiger partial charge is 0.195 e. The van der Waals surface area contributed by atoms with Gasteiger partial charge in [0.25, 0.3) is 0 Å². The molecule has 0 aliphatic carbocycles. The van der Waals surface area contributed by atoms with Crippen molar-refractivity contribution in [1.82, 2.24) is 4.40 Å². The second-order valence-corrected chi connectivity index (χ2v) is 7.67. The van der Waals surface area contributed by atoms with E-state index in [1.807, 2.05) is 43.3 Å². The molecule has 0 spiro atoms. The van der Waals surface area contributed by atoms with Crippen molar-refractivity contribution in [2.75, 3.05) is 6.61 Å². The number of hydrogen-bond donors (Lipinski definition) is 0. The molecule has 0 unspecified atom stereocenters. The lowest BCUT2D eigenvalue weighted by Crippen LogP contribution is -2.02. The molecule has 0 bridgehead atoms. The number of thiazole rings is 1. The van der Waals surface area contributed by atoms with Gasteiger partial charge in [-0.15, -0.1) is 0 Å². The van der Waals surface area contributed by atoms with E-state index in [0.717, 1.165) is 26.3 Å². The topological polar surface area (TPSA) is 26.0 Å². The van der Waals surface area contributed by atoms with Crippen molar-refractivity contribution in [3.05, 3.63) is 86.2 Å². The van der Waals surface area contributed by atoms with E-state index in [1.54, 1.807) is 11.3 Å². The highest BCUT2D eigenvalue weighted by Gasteiger charge is 2.02. The molecule has 0 atom stereocenters. The second-order valence-electron chi connectivity index (χ2n) is 5.75. The molecule has 0 aliphatic heterocycles. The predicted molar refractivity (Wildman–Crippen MR) is 111 cm³/mol. The Labute approximate surface area is 164 Å². The van der Waals surface area contributed by atoms with Crippen molar-refractivity contribution >= 4 is 44.5 Å². The molecule has 130 valence electrons. The van der Waals surface area contributed by atoms with E-state index in [-0.39, 0.29) is 0 Å². The Morgan fingerprint density at radius 1 is 1.08 bits per heavy atom. The Balaban J connectivity index is 1.79. The van der Waals surface area contributed by atoms with Crippen LogP contribution in [0.25, 0.3) is 11.6 Å². The van der Waals surface area contributed by atoms with Gasteiger partial charge in [0.15, 0.2) is 4.80 Å². The summed E-state index contributed by atoms with van der Waals surface area (Å²) in [7, 11) is 0. The van der Waals surface area contributed by atoms with Gasteiger partial charge in [-0.2, -0.15) is 0 Å². The monoisotopic (exact) mass is 424 g/mol. The van der Waals surface area contributed by atoms with Crippen molar-refractivity contribution < 1.29 is 4.74 Å². The van der Waals surface area contributed by atoms with E-state index in [4.69, 9.17) is 9.73 Å². The van der Waals surface area contributed by atoms with Gasteiger partial charge in [0.1, 0.15) is 5.75 Å². The van der Waals surface area contributed by atoms with Crippen LogP contribution >= 0.6 is 27.3 Å². The van der Waals surface area contributed by atoms with E-state index < -0.39 is 0 Å². The normalized spacial score (nSPS) is 12.8. The van der Waals surface area contributed by atoms with Crippen molar-refractivity contribution in [3.63, 3.8) is 0 Å². The maximum Gasteiger partial charge on any atom is 0.195 e. The van der Waals surface area contributed by atoms with Crippen LogP contribution in [-0.4, -0.2) is 11.0 Å². The van der Waals surface area contributed by atoms with Crippen LogP contribution in [0.1, 0.15) is 12.5 Å². The molecule has 2 aromatic carbocycles. The number of benzene rings is 2. The third-order valence-electron chi connectivity index (χ3n) is 3.95. The van der Waals surface area contributed by atoms with Gasteiger partial charge in [0, 0.05) is 10.7 Å². The largest absolute Gasteiger partial charge is 0.494 e. The molecule has 0 amide bonds. The first kappa shape index (κ1) is 17.1. The van der Waals surface area contributed by atoms with Crippen LogP contribution in [0.2, 0.25) is 0 Å². The zero-order valence-corrected chi connectivity index (χ0v) is 16.6. The number of hydrogen-bond acceptors (Lipinski definition) is 3. The summed E-state index contributed by atoms with van der Waals surface area (Å²) >= 11 is 5.15. The molecule has 2 aromatic heterocycles. The molecule has 0 fully saturated rings. The van der Waals surface area contributed by atoms with Crippen LogP contribution in [0, 0.1) is 0 Å². The minimum absolute atomic E-state index is 0.680. The van der Waals surface area contributed by atoms with Gasteiger partial charge in [-0.25, -0.2) is 4.99 Å². The van der Waals surface area contributed by atoms with Crippen LogP contribution in [0.15, 0.2) is 76.3 Å². The van der Waals surface area contributed by atoms with Crippen molar-refractivity contribution in [1.29, 1.82) is 0 Å². The zero-order chi connectivity index (χ0) is 17.9. The van der Waals surface area contributed by atoms with Crippen LogP contribution < -0.4 is 14.1 Å². The lowest BCUT2D eigenvalue weighted by atomic mass is 10.2. The molecular weight excluding hydrogens is 408 g/mol. The Morgan fingerprint density at radius 2 is 1.85 bits per heavy atom. The predicted octanol–water partition coefficient (Wildman–Crippen LogP) is 4.94. The molecule has 2 heterocycles. The zero-order valence-electron chi connectivity index (χ0n) is 14.2. The molecule has 0 N–H and O–H groups in total. The summed E-state index contributed by atoms with van der Waals surface area (Å²) in [5, 5.41) is 0. The Hall–Kier alpha value is -2.37. The molecule has 3 nitrogen and oxygen atoms in total. The van der Waals surface area contributed by atoms with Gasteiger partial charge >= 0.3 is 0 Å². The summed E-state index contributed by atoms with van der Waals surface area (Å²) in [4.78, 5) is 5.77. The molecule has 5 heteroatoms. The number of rotatable bonds is 4. The number of halogens is 1. The van der Waals surface area contributed by atoms with Crippen molar-refractivity contribution in [2.24, 2.45) is 4.99 Å². The fraction of sp³-hybridized carbons (Fsp3) is 0.0952. The summed E-state index contributed by atoms with van der Waals surface area (Å²) < 4.78 is 9.89. The van der Waals surface area contributed by atoms with E-state index in [9.17, 15) is 0 Å². The van der Waals surface area contributed by atoms with Gasteiger partial charge in [0.2, 0.25) is 0 Å². The summed E-state index contributed by atoms with van der Waals surface area (Å²) in [5.41, 5.74) is 3.26. The first-order chi connectivity index (χ1) is 12.7. The summed E-state index contributed by atoms with van der Waals surface area (Å²) in [6.45, 7) is 2.67. The Morgan fingerprint density at radius 3 is 2.58 bits per heavy atom. The molecule has 4 aromatic rings. The molecule has 0 radical (unpaired) electrons. The Bertz CT molecular complexity index is 1140. The minimum Gasteiger partial charge on any atom is -0.494 e. The van der Waals surface area contributed by atoms with Gasteiger partial charge in [-0.1, -0.05) is 39.4 Å². The van der Waals surface area contributed by atoms with Crippen LogP contribution in [0.3, 0.4) is 0 Å². The highest BCUT2D eigenvalue weighted by molar-refractivity contribution is 9.10. The third kappa shape index (κ3) is 3.59. The number of nitrogens with zero attached hydrogens (tertiary/aromatic N) is 2. The van der Waals surface area contributed by atoms with Crippen LogP contribution in [0.5, 0.6) is 5.75 Å². The highest BCUT2D eigenvalue weighted by atomic mass is 79.9. The number of fused-ring (bicyclic) bond motifs is 1. The average Bonchev–Trinajstić information content (AvgIpc) is 3.24. The average molecular weight is 425 g/mol. The van der Waals surface area contributed by atoms with Crippen molar-refractivity contribution in [2.45, 2.75) is 6.92 Å². The maximum atomic E-state index is 5.51. The van der Waals surface area contributed by atoms with Gasteiger partial charge in [0.05, 0.1) is 22.3 Å². The molecule has 0 saturated heterocycles. The van der Waals surface area contributed by atoms with E-state index in [0.29, 0.717) is 6.61 Å². The fourth-order valence-corrected chi connectivity index (χ4v) is 4.07.